The number of pyridine rings is 1. The fourth-order valence-electron chi connectivity index (χ4n) is 4.06. The van der Waals surface area contributed by atoms with Crippen LogP contribution in [-0.4, -0.2) is 22.7 Å². The minimum Gasteiger partial charge on any atom is -0.387 e. The first kappa shape index (κ1) is 24.2. The highest BCUT2D eigenvalue weighted by molar-refractivity contribution is 5.68. The van der Waals surface area contributed by atoms with E-state index >= 15 is 0 Å². The Kier molecular flexibility index (Phi) is 6.69. The Labute approximate surface area is 192 Å². The van der Waals surface area contributed by atoms with Crippen LogP contribution in [0.4, 0.5) is 26.3 Å². The third kappa shape index (κ3) is 5.42. The highest BCUT2D eigenvalue weighted by Gasteiger charge is 2.31. The molecule has 0 amide bonds. The van der Waals surface area contributed by atoms with Gasteiger partial charge in [0.25, 0.3) is 0 Å². The molecule has 4 rings (SSSR count). The van der Waals surface area contributed by atoms with Crippen molar-refractivity contribution in [2.75, 3.05) is 6.54 Å². The van der Waals surface area contributed by atoms with Gasteiger partial charge in [-0.15, -0.1) is 0 Å². The second kappa shape index (κ2) is 9.38. The molecule has 2 aromatic carbocycles. The summed E-state index contributed by atoms with van der Waals surface area (Å²) >= 11 is 0. The molecule has 0 radical (unpaired) electrons. The monoisotopic (exact) mass is 480 g/mol. The molecule has 1 aliphatic heterocycles. The number of nitrogens with one attached hydrogen (secondary N) is 1. The summed E-state index contributed by atoms with van der Waals surface area (Å²) in [7, 11) is 0. The second-order valence-electron chi connectivity index (χ2n) is 8.32. The minimum absolute atomic E-state index is 0.211. The molecule has 0 unspecified atom stereocenters. The quantitative estimate of drug-likeness (QED) is 0.412. The summed E-state index contributed by atoms with van der Waals surface area (Å²) in [5.74, 6) is 0. The maximum Gasteiger partial charge on any atom is 0.416 e. The van der Waals surface area contributed by atoms with E-state index in [1.165, 1.54) is 24.3 Å². The van der Waals surface area contributed by atoms with Gasteiger partial charge in [-0.05, 0) is 61.3 Å². The van der Waals surface area contributed by atoms with Gasteiger partial charge in [0, 0.05) is 17.2 Å². The maximum absolute atomic E-state index is 13.0. The summed E-state index contributed by atoms with van der Waals surface area (Å²) in [6.07, 6.45) is -7.20. The van der Waals surface area contributed by atoms with E-state index in [2.05, 4.69) is 10.3 Å². The van der Waals surface area contributed by atoms with Crippen LogP contribution < -0.4 is 5.32 Å². The molecule has 0 saturated carbocycles. The predicted octanol–water partition coefficient (Wildman–Crippen LogP) is 6.63. The lowest BCUT2D eigenvalue weighted by atomic mass is 9.93. The summed E-state index contributed by atoms with van der Waals surface area (Å²) in [4.78, 5) is 4.49. The fourth-order valence-corrected chi connectivity index (χ4v) is 4.06. The molecule has 2 atom stereocenters. The van der Waals surface area contributed by atoms with Crippen LogP contribution in [0.15, 0.2) is 60.7 Å². The number of hydrogen-bond acceptors (Lipinski definition) is 3. The zero-order valence-corrected chi connectivity index (χ0v) is 17.9. The van der Waals surface area contributed by atoms with Crippen molar-refractivity contribution in [1.29, 1.82) is 0 Å². The Hall–Kier alpha value is -2.91. The highest BCUT2D eigenvalue weighted by atomic mass is 19.4. The summed E-state index contributed by atoms with van der Waals surface area (Å²) in [6.45, 7) is 0.754. The van der Waals surface area contributed by atoms with Crippen LogP contribution in [-0.2, 0) is 12.4 Å². The summed E-state index contributed by atoms with van der Waals surface area (Å²) in [5, 5.41) is 14.3. The summed E-state index contributed by atoms with van der Waals surface area (Å²) < 4.78 is 77.8. The van der Waals surface area contributed by atoms with Gasteiger partial charge < -0.3 is 10.4 Å². The fraction of sp³-hybridized carbons (Fsp3) is 0.320. The van der Waals surface area contributed by atoms with Crippen LogP contribution in [0, 0.1) is 0 Å². The average Bonchev–Trinajstić information content (AvgIpc) is 2.83. The predicted molar refractivity (Wildman–Crippen MR) is 116 cm³/mol. The summed E-state index contributed by atoms with van der Waals surface area (Å²) in [5.41, 5.74) is 0.299. The Morgan fingerprint density at radius 2 is 1.24 bits per heavy atom. The first-order chi connectivity index (χ1) is 16.0. The number of halogens is 6. The zero-order valence-electron chi connectivity index (χ0n) is 17.9. The van der Waals surface area contributed by atoms with Crippen molar-refractivity contribution >= 4 is 0 Å². The molecule has 3 aromatic rings. The topological polar surface area (TPSA) is 45.2 Å². The third-order valence-corrected chi connectivity index (χ3v) is 5.93. The Bertz CT molecular complexity index is 1040. The van der Waals surface area contributed by atoms with Gasteiger partial charge in [0.2, 0.25) is 0 Å². The van der Waals surface area contributed by atoms with Crippen LogP contribution in [0.25, 0.3) is 22.5 Å². The van der Waals surface area contributed by atoms with E-state index < -0.39 is 29.6 Å². The highest BCUT2D eigenvalue weighted by Crippen LogP contribution is 2.35. The van der Waals surface area contributed by atoms with E-state index in [1.807, 2.05) is 0 Å². The number of aliphatic hydroxyl groups is 1. The van der Waals surface area contributed by atoms with Gasteiger partial charge in [0.15, 0.2) is 0 Å². The van der Waals surface area contributed by atoms with Crippen molar-refractivity contribution in [2.24, 2.45) is 0 Å². The molecule has 0 spiro atoms. The van der Waals surface area contributed by atoms with Crippen LogP contribution >= 0.6 is 0 Å². The van der Waals surface area contributed by atoms with Crippen molar-refractivity contribution in [3.63, 3.8) is 0 Å². The number of benzene rings is 2. The van der Waals surface area contributed by atoms with E-state index in [0.717, 1.165) is 50.1 Å². The minimum atomic E-state index is -4.48. The van der Waals surface area contributed by atoms with E-state index in [-0.39, 0.29) is 6.04 Å². The van der Waals surface area contributed by atoms with Gasteiger partial charge >= 0.3 is 12.4 Å². The molecule has 0 bridgehead atoms. The number of nitrogens with zero attached hydrogens (tertiary/aromatic N) is 1. The van der Waals surface area contributed by atoms with Gasteiger partial charge in [-0.25, -0.2) is 4.98 Å². The van der Waals surface area contributed by atoms with Crippen molar-refractivity contribution in [3.8, 4) is 22.5 Å². The van der Waals surface area contributed by atoms with Gasteiger partial charge in [0.1, 0.15) is 0 Å². The van der Waals surface area contributed by atoms with Crippen molar-refractivity contribution in [3.05, 3.63) is 77.4 Å². The van der Waals surface area contributed by atoms with Crippen LogP contribution in [0.3, 0.4) is 0 Å². The molecule has 0 aliphatic carbocycles. The molecule has 180 valence electrons. The Morgan fingerprint density at radius 1 is 0.765 bits per heavy atom. The molecule has 1 aromatic heterocycles. The molecule has 34 heavy (non-hydrogen) atoms. The van der Waals surface area contributed by atoms with Crippen molar-refractivity contribution in [1.82, 2.24) is 10.3 Å². The third-order valence-electron chi connectivity index (χ3n) is 5.93. The van der Waals surface area contributed by atoms with Gasteiger partial charge in [0.05, 0.1) is 28.6 Å². The average molecular weight is 480 g/mol. The lowest BCUT2D eigenvalue weighted by molar-refractivity contribution is -0.138. The smallest absolute Gasteiger partial charge is 0.387 e. The molecule has 1 aliphatic rings. The zero-order chi connectivity index (χ0) is 24.5. The lowest BCUT2D eigenvalue weighted by Gasteiger charge is -2.28. The number of alkyl halides is 6. The molecule has 2 heterocycles. The van der Waals surface area contributed by atoms with Gasteiger partial charge in [-0.2, -0.15) is 26.3 Å². The molecule has 2 N–H and O–H groups in total. The first-order valence-electron chi connectivity index (χ1n) is 10.8. The Balaban J connectivity index is 1.76. The van der Waals surface area contributed by atoms with E-state index in [9.17, 15) is 31.4 Å². The van der Waals surface area contributed by atoms with Gasteiger partial charge in [-0.3, -0.25) is 0 Å². The second-order valence-corrected chi connectivity index (χ2v) is 8.32. The molecule has 9 heteroatoms. The lowest BCUT2D eigenvalue weighted by Crippen LogP contribution is -2.38. The standard InChI is InChI=1S/C25H22F6N2O/c26-24(27,28)18-8-4-15(5-9-18)21-13-17(23(34)20-3-1-2-12-32-20)14-22(33-21)16-6-10-19(11-7-16)25(29,30)31/h4-11,13-14,20,23,32,34H,1-3,12H2/t20-,23-/m1/s1. The van der Waals surface area contributed by atoms with Crippen LogP contribution in [0.1, 0.15) is 42.1 Å². The first-order valence-corrected chi connectivity index (χ1v) is 10.8. The number of aliphatic hydroxyl groups excluding tert-OH is 1. The van der Waals surface area contributed by atoms with Crippen molar-refractivity contribution < 1.29 is 31.4 Å². The van der Waals surface area contributed by atoms with Crippen LogP contribution in [0.5, 0.6) is 0 Å². The molecular weight excluding hydrogens is 458 g/mol. The van der Waals surface area contributed by atoms with Crippen molar-refractivity contribution in [2.45, 2.75) is 43.8 Å². The molecular formula is C25H22F6N2O. The van der Waals surface area contributed by atoms with Crippen LogP contribution in [0.2, 0.25) is 0 Å². The van der Waals surface area contributed by atoms with Gasteiger partial charge in [-0.1, -0.05) is 30.7 Å². The molecule has 1 fully saturated rings. The SMILES string of the molecule is O[C@H](c1cc(-c2ccc(C(F)(F)F)cc2)nc(-c2ccc(C(F)(F)F)cc2)c1)[C@H]1CCCCN1. The van der Waals surface area contributed by atoms with E-state index in [4.69, 9.17) is 0 Å². The number of piperidine rings is 1. The molecule has 3 nitrogen and oxygen atoms in total. The summed E-state index contributed by atoms with van der Waals surface area (Å²) in [6, 6.07) is 11.9. The van der Waals surface area contributed by atoms with E-state index in [1.54, 1.807) is 12.1 Å². The number of rotatable bonds is 4. The maximum atomic E-state index is 13.0. The Morgan fingerprint density at radius 3 is 1.62 bits per heavy atom. The van der Waals surface area contributed by atoms with E-state index in [0.29, 0.717) is 28.1 Å². The number of hydrogen-bond donors (Lipinski definition) is 2. The normalized spacial score (nSPS) is 18.0. The largest absolute Gasteiger partial charge is 0.416 e. The molecule has 1 saturated heterocycles. The number of aromatic nitrogens is 1.